The normalized spacial score (nSPS) is 10.7. The highest BCUT2D eigenvalue weighted by Crippen LogP contribution is 2.24. The fourth-order valence-electron chi connectivity index (χ4n) is 2.01. The van der Waals surface area contributed by atoms with Crippen molar-refractivity contribution < 1.29 is 9.13 Å². The largest absolute Gasteiger partial charge is 0.377 e. The fourth-order valence-corrected chi connectivity index (χ4v) is 2.01. The highest BCUT2D eigenvalue weighted by molar-refractivity contribution is 5.64. The molecular formula is C16H20FN3O. The summed E-state index contributed by atoms with van der Waals surface area (Å²) in [4.78, 5) is 8.76. The van der Waals surface area contributed by atoms with Gasteiger partial charge >= 0.3 is 0 Å². The zero-order valence-corrected chi connectivity index (χ0v) is 12.6. The van der Waals surface area contributed by atoms with Crippen LogP contribution in [0, 0.1) is 12.7 Å². The number of rotatable bonds is 6. The summed E-state index contributed by atoms with van der Waals surface area (Å²) in [6.07, 6.45) is 0.984. The third-order valence-electron chi connectivity index (χ3n) is 3.00. The van der Waals surface area contributed by atoms with E-state index in [1.165, 1.54) is 6.07 Å². The van der Waals surface area contributed by atoms with Crippen molar-refractivity contribution >= 4 is 5.82 Å². The summed E-state index contributed by atoms with van der Waals surface area (Å²) in [5.41, 5.74) is 2.03. The number of nitrogens with zero attached hydrogens (tertiary/aromatic N) is 2. The molecule has 2 rings (SSSR count). The van der Waals surface area contributed by atoms with Gasteiger partial charge in [-0.1, -0.05) is 18.6 Å². The van der Waals surface area contributed by atoms with Crippen LogP contribution in [0.1, 0.15) is 24.7 Å². The fraction of sp³-hybridized carbons (Fsp3) is 0.375. The van der Waals surface area contributed by atoms with Crippen molar-refractivity contribution in [2.24, 2.45) is 0 Å². The maximum atomic E-state index is 14.0. The minimum Gasteiger partial charge on any atom is -0.377 e. The SMILES string of the molecule is CCCNc1cc(-c2cc(C)ccc2F)nc(COC)n1. The first-order valence-electron chi connectivity index (χ1n) is 7.01. The molecule has 0 amide bonds. The van der Waals surface area contributed by atoms with Gasteiger partial charge in [0.25, 0.3) is 0 Å². The van der Waals surface area contributed by atoms with E-state index in [9.17, 15) is 4.39 Å². The van der Waals surface area contributed by atoms with Crippen molar-refractivity contribution in [1.29, 1.82) is 0 Å². The van der Waals surface area contributed by atoms with Crippen LogP contribution >= 0.6 is 0 Å². The molecule has 0 unspecified atom stereocenters. The van der Waals surface area contributed by atoms with Crippen LogP contribution in [0.4, 0.5) is 10.2 Å². The van der Waals surface area contributed by atoms with Crippen molar-refractivity contribution in [3.63, 3.8) is 0 Å². The second-order valence-corrected chi connectivity index (χ2v) is 4.90. The van der Waals surface area contributed by atoms with Crippen molar-refractivity contribution in [2.75, 3.05) is 19.0 Å². The predicted molar refractivity (Wildman–Crippen MR) is 81.7 cm³/mol. The molecule has 0 aliphatic rings. The highest BCUT2D eigenvalue weighted by Gasteiger charge is 2.11. The number of halogens is 1. The zero-order valence-electron chi connectivity index (χ0n) is 12.6. The van der Waals surface area contributed by atoms with Crippen LogP contribution in [0.25, 0.3) is 11.3 Å². The topological polar surface area (TPSA) is 47.0 Å². The summed E-state index contributed by atoms with van der Waals surface area (Å²) in [7, 11) is 1.59. The first-order chi connectivity index (χ1) is 10.1. The number of ether oxygens (including phenoxy) is 1. The molecule has 0 saturated heterocycles. The van der Waals surface area contributed by atoms with Gasteiger partial charge in [-0.3, -0.25) is 0 Å². The second-order valence-electron chi connectivity index (χ2n) is 4.90. The molecule has 1 aromatic heterocycles. The summed E-state index contributed by atoms with van der Waals surface area (Å²) in [6.45, 7) is 5.10. The van der Waals surface area contributed by atoms with Gasteiger partial charge in [-0.2, -0.15) is 0 Å². The van der Waals surface area contributed by atoms with Crippen LogP contribution in [0.15, 0.2) is 24.3 Å². The monoisotopic (exact) mass is 289 g/mol. The van der Waals surface area contributed by atoms with Crippen molar-refractivity contribution in [1.82, 2.24) is 9.97 Å². The quantitative estimate of drug-likeness (QED) is 0.883. The molecule has 0 bridgehead atoms. The lowest BCUT2D eigenvalue weighted by molar-refractivity contribution is 0.178. The molecule has 0 radical (unpaired) electrons. The average Bonchev–Trinajstić information content (AvgIpc) is 2.48. The number of hydrogen-bond donors (Lipinski definition) is 1. The van der Waals surface area contributed by atoms with E-state index >= 15 is 0 Å². The average molecular weight is 289 g/mol. The standard InChI is InChI=1S/C16H20FN3O/c1-4-7-18-15-9-14(19-16(20-15)10-21-3)12-8-11(2)5-6-13(12)17/h5-6,8-9H,4,7,10H2,1-3H3,(H,18,19,20). The van der Waals surface area contributed by atoms with E-state index in [4.69, 9.17) is 4.74 Å². The summed E-state index contributed by atoms with van der Waals surface area (Å²) in [5, 5.41) is 3.21. The number of anilines is 1. The van der Waals surface area contributed by atoms with E-state index in [0.29, 0.717) is 29.5 Å². The molecule has 0 saturated carbocycles. The number of aromatic nitrogens is 2. The molecule has 21 heavy (non-hydrogen) atoms. The Kier molecular flexibility index (Phi) is 5.22. The molecule has 4 nitrogen and oxygen atoms in total. The van der Waals surface area contributed by atoms with Gasteiger partial charge in [0, 0.05) is 25.3 Å². The molecule has 0 aliphatic carbocycles. The smallest absolute Gasteiger partial charge is 0.157 e. The maximum Gasteiger partial charge on any atom is 0.157 e. The predicted octanol–water partition coefficient (Wildman–Crippen LogP) is 3.56. The van der Waals surface area contributed by atoms with E-state index in [1.807, 2.05) is 6.92 Å². The van der Waals surface area contributed by atoms with Gasteiger partial charge in [0.15, 0.2) is 5.82 Å². The van der Waals surface area contributed by atoms with Crippen molar-refractivity contribution in [2.45, 2.75) is 26.9 Å². The molecule has 1 heterocycles. The van der Waals surface area contributed by atoms with E-state index in [1.54, 1.807) is 25.3 Å². The molecule has 112 valence electrons. The van der Waals surface area contributed by atoms with Gasteiger partial charge in [-0.15, -0.1) is 0 Å². The first kappa shape index (κ1) is 15.4. The third-order valence-corrected chi connectivity index (χ3v) is 3.00. The molecule has 1 aromatic carbocycles. The molecule has 0 fully saturated rings. The van der Waals surface area contributed by atoms with Crippen LogP contribution in [0.3, 0.4) is 0 Å². The van der Waals surface area contributed by atoms with Crippen LogP contribution in [-0.4, -0.2) is 23.6 Å². The minimum atomic E-state index is -0.288. The first-order valence-corrected chi connectivity index (χ1v) is 7.01. The number of benzene rings is 1. The Morgan fingerprint density at radius 1 is 1.24 bits per heavy atom. The van der Waals surface area contributed by atoms with Crippen molar-refractivity contribution in [3.05, 3.63) is 41.5 Å². The molecule has 0 spiro atoms. The van der Waals surface area contributed by atoms with Crippen LogP contribution in [0.5, 0.6) is 0 Å². The molecule has 0 aliphatic heterocycles. The number of methoxy groups -OCH3 is 1. The highest BCUT2D eigenvalue weighted by atomic mass is 19.1. The van der Waals surface area contributed by atoms with E-state index in [2.05, 4.69) is 22.2 Å². The Labute approximate surface area is 124 Å². The Morgan fingerprint density at radius 2 is 2.05 bits per heavy atom. The Morgan fingerprint density at radius 3 is 2.76 bits per heavy atom. The minimum absolute atomic E-state index is 0.288. The van der Waals surface area contributed by atoms with Gasteiger partial charge in [0.2, 0.25) is 0 Å². The number of aryl methyl sites for hydroxylation is 1. The van der Waals surface area contributed by atoms with Gasteiger partial charge < -0.3 is 10.1 Å². The third kappa shape index (κ3) is 3.98. The van der Waals surface area contributed by atoms with E-state index in [0.717, 1.165) is 18.5 Å². The number of hydrogen-bond acceptors (Lipinski definition) is 4. The molecule has 5 heteroatoms. The Hall–Kier alpha value is -2.01. The molecule has 2 aromatic rings. The van der Waals surface area contributed by atoms with Crippen molar-refractivity contribution in [3.8, 4) is 11.3 Å². The van der Waals surface area contributed by atoms with Gasteiger partial charge in [0.1, 0.15) is 18.2 Å². The van der Waals surface area contributed by atoms with Gasteiger partial charge in [-0.05, 0) is 25.5 Å². The number of nitrogens with one attached hydrogen (secondary N) is 1. The summed E-state index contributed by atoms with van der Waals surface area (Å²) >= 11 is 0. The summed E-state index contributed by atoms with van der Waals surface area (Å²) in [6, 6.07) is 6.76. The van der Waals surface area contributed by atoms with Crippen LogP contribution < -0.4 is 5.32 Å². The van der Waals surface area contributed by atoms with Crippen LogP contribution in [0.2, 0.25) is 0 Å². The second kappa shape index (κ2) is 7.13. The summed E-state index contributed by atoms with van der Waals surface area (Å²) in [5.74, 6) is 0.938. The van der Waals surface area contributed by atoms with E-state index < -0.39 is 0 Å². The lowest BCUT2D eigenvalue weighted by Gasteiger charge is -2.10. The lowest BCUT2D eigenvalue weighted by Crippen LogP contribution is -2.07. The van der Waals surface area contributed by atoms with E-state index in [-0.39, 0.29) is 5.82 Å². The van der Waals surface area contributed by atoms with Gasteiger partial charge in [0.05, 0.1) is 5.69 Å². The van der Waals surface area contributed by atoms with Gasteiger partial charge in [-0.25, -0.2) is 14.4 Å². The zero-order chi connectivity index (χ0) is 15.2. The lowest BCUT2D eigenvalue weighted by atomic mass is 10.1. The Bertz CT molecular complexity index is 616. The summed E-state index contributed by atoms with van der Waals surface area (Å²) < 4.78 is 19.1. The Balaban J connectivity index is 2.45. The molecule has 0 atom stereocenters. The van der Waals surface area contributed by atoms with Crippen LogP contribution in [-0.2, 0) is 11.3 Å². The molecule has 1 N–H and O–H groups in total. The maximum absolute atomic E-state index is 14.0. The molecular weight excluding hydrogens is 269 g/mol.